The van der Waals surface area contributed by atoms with Crippen LogP contribution in [0, 0.1) is 0 Å². The van der Waals surface area contributed by atoms with E-state index >= 15 is 0 Å². The van der Waals surface area contributed by atoms with Crippen molar-refractivity contribution in [2.75, 3.05) is 7.05 Å². The van der Waals surface area contributed by atoms with Crippen molar-refractivity contribution in [1.82, 2.24) is 5.32 Å². The van der Waals surface area contributed by atoms with Crippen molar-refractivity contribution in [2.24, 2.45) is 0 Å². The lowest BCUT2D eigenvalue weighted by atomic mass is 10.1. The zero-order chi connectivity index (χ0) is 15.9. The number of rotatable bonds is 5. The zero-order valence-electron chi connectivity index (χ0n) is 12.1. The SMILES string of the molecule is CNCc1ccc(C(=O)OC(=O)c2ccc(CBr)cc2)cc1. The minimum absolute atomic E-state index is 0.352. The van der Waals surface area contributed by atoms with Crippen LogP contribution in [0.25, 0.3) is 0 Å². The molecular formula is C17H16BrNO3. The molecule has 0 amide bonds. The lowest BCUT2D eigenvalue weighted by Crippen LogP contribution is -2.13. The average Bonchev–Trinajstić information content (AvgIpc) is 2.55. The van der Waals surface area contributed by atoms with Gasteiger partial charge in [-0.05, 0) is 42.4 Å². The third kappa shape index (κ3) is 4.26. The molecule has 4 nitrogen and oxygen atoms in total. The summed E-state index contributed by atoms with van der Waals surface area (Å²) in [5.41, 5.74) is 2.80. The number of benzene rings is 2. The number of alkyl halides is 1. The molecule has 0 aromatic heterocycles. The van der Waals surface area contributed by atoms with Crippen LogP contribution in [0.1, 0.15) is 31.8 Å². The summed E-state index contributed by atoms with van der Waals surface area (Å²) in [5.74, 6) is -1.30. The van der Waals surface area contributed by atoms with E-state index in [9.17, 15) is 9.59 Å². The van der Waals surface area contributed by atoms with Gasteiger partial charge in [-0.2, -0.15) is 0 Å². The smallest absolute Gasteiger partial charge is 0.346 e. The summed E-state index contributed by atoms with van der Waals surface area (Å²) in [6.07, 6.45) is 0. The molecule has 0 aliphatic rings. The monoisotopic (exact) mass is 361 g/mol. The van der Waals surface area contributed by atoms with E-state index in [1.54, 1.807) is 24.3 Å². The van der Waals surface area contributed by atoms with Gasteiger partial charge >= 0.3 is 11.9 Å². The molecule has 0 heterocycles. The summed E-state index contributed by atoms with van der Waals surface area (Å²) in [6.45, 7) is 0.716. The maximum atomic E-state index is 12.0. The van der Waals surface area contributed by atoms with E-state index in [2.05, 4.69) is 21.2 Å². The molecule has 5 heteroatoms. The Kier molecular flexibility index (Phi) is 5.86. The van der Waals surface area contributed by atoms with Crippen molar-refractivity contribution in [1.29, 1.82) is 0 Å². The Morgan fingerprint density at radius 3 is 1.77 bits per heavy atom. The highest BCUT2D eigenvalue weighted by Gasteiger charge is 2.14. The molecule has 22 heavy (non-hydrogen) atoms. The number of esters is 2. The first-order chi connectivity index (χ1) is 10.6. The standard InChI is InChI=1S/C17H16BrNO3/c1-19-11-13-4-8-15(9-5-13)17(21)22-16(20)14-6-2-12(10-18)3-7-14/h2-9,19H,10-11H2,1H3. The van der Waals surface area contributed by atoms with Gasteiger partial charge < -0.3 is 10.1 Å². The average molecular weight is 362 g/mol. The number of halogens is 1. The zero-order valence-corrected chi connectivity index (χ0v) is 13.7. The molecule has 0 aliphatic heterocycles. The van der Waals surface area contributed by atoms with Gasteiger partial charge in [0.15, 0.2) is 0 Å². The van der Waals surface area contributed by atoms with E-state index in [-0.39, 0.29) is 0 Å². The van der Waals surface area contributed by atoms with Crippen molar-refractivity contribution < 1.29 is 14.3 Å². The van der Waals surface area contributed by atoms with Crippen molar-refractivity contribution in [3.63, 3.8) is 0 Å². The molecule has 0 saturated carbocycles. The lowest BCUT2D eigenvalue weighted by Gasteiger charge is -2.05. The second kappa shape index (κ2) is 7.87. The molecule has 0 fully saturated rings. The Hall–Kier alpha value is -1.98. The van der Waals surface area contributed by atoms with Gasteiger partial charge in [-0.15, -0.1) is 0 Å². The lowest BCUT2D eigenvalue weighted by molar-refractivity contribution is 0.0398. The molecule has 0 atom stereocenters. The van der Waals surface area contributed by atoms with Gasteiger partial charge in [-0.25, -0.2) is 9.59 Å². The largest absolute Gasteiger partial charge is 0.386 e. The Bertz CT molecular complexity index is 651. The van der Waals surface area contributed by atoms with Crippen molar-refractivity contribution in [3.8, 4) is 0 Å². The van der Waals surface area contributed by atoms with E-state index in [0.29, 0.717) is 23.0 Å². The second-order valence-electron chi connectivity index (χ2n) is 4.73. The molecule has 0 radical (unpaired) electrons. The first-order valence-corrected chi connectivity index (χ1v) is 7.91. The number of carbonyl (C=O) groups excluding carboxylic acids is 2. The fourth-order valence-electron chi connectivity index (χ4n) is 1.89. The van der Waals surface area contributed by atoms with Gasteiger partial charge in [0, 0.05) is 11.9 Å². The third-order valence-corrected chi connectivity index (χ3v) is 3.75. The predicted octanol–water partition coefficient (Wildman–Crippen LogP) is 3.30. The molecule has 0 bridgehead atoms. The number of hydrogen-bond donors (Lipinski definition) is 1. The van der Waals surface area contributed by atoms with Crippen molar-refractivity contribution in [3.05, 3.63) is 70.8 Å². The van der Waals surface area contributed by atoms with Gasteiger partial charge in [-0.3, -0.25) is 0 Å². The number of nitrogens with one attached hydrogen (secondary N) is 1. The summed E-state index contributed by atoms with van der Waals surface area (Å²) in [7, 11) is 1.85. The molecule has 2 aromatic rings. The van der Waals surface area contributed by atoms with Crippen LogP contribution in [0.15, 0.2) is 48.5 Å². The summed E-state index contributed by atoms with van der Waals surface area (Å²) in [6, 6.07) is 13.8. The van der Waals surface area contributed by atoms with Crippen LogP contribution in [0.5, 0.6) is 0 Å². The van der Waals surface area contributed by atoms with Crippen LogP contribution >= 0.6 is 15.9 Å². The minimum atomic E-state index is -0.648. The second-order valence-corrected chi connectivity index (χ2v) is 5.30. The van der Waals surface area contributed by atoms with E-state index < -0.39 is 11.9 Å². The maximum absolute atomic E-state index is 12.0. The maximum Gasteiger partial charge on any atom is 0.346 e. The summed E-state index contributed by atoms with van der Waals surface area (Å²) < 4.78 is 4.89. The molecule has 2 aromatic carbocycles. The summed E-state index contributed by atoms with van der Waals surface area (Å²) in [5, 5.41) is 3.73. The third-order valence-electron chi connectivity index (χ3n) is 3.10. The Morgan fingerprint density at radius 2 is 1.36 bits per heavy atom. The van der Waals surface area contributed by atoms with Crippen LogP contribution in [0.2, 0.25) is 0 Å². The highest BCUT2D eigenvalue weighted by atomic mass is 79.9. The van der Waals surface area contributed by atoms with Gasteiger partial charge in [0.05, 0.1) is 11.1 Å². The van der Waals surface area contributed by atoms with Crippen LogP contribution in [0.4, 0.5) is 0 Å². The predicted molar refractivity (Wildman–Crippen MR) is 88.0 cm³/mol. The van der Waals surface area contributed by atoms with Gasteiger partial charge in [0.2, 0.25) is 0 Å². The van der Waals surface area contributed by atoms with Crippen LogP contribution in [-0.4, -0.2) is 19.0 Å². The van der Waals surface area contributed by atoms with Gasteiger partial charge in [0.25, 0.3) is 0 Å². The summed E-state index contributed by atoms with van der Waals surface area (Å²) >= 11 is 3.33. The van der Waals surface area contributed by atoms with E-state index in [4.69, 9.17) is 4.74 Å². The fourth-order valence-corrected chi connectivity index (χ4v) is 2.27. The molecule has 0 aliphatic carbocycles. The fraction of sp³-hybridized carbons (Fsp3) is 0.176. The molecule has 0 saturated heterocycles. The highest BCUT2D eigenvalue weighted by Crippen LogP contribution is 2.11. The Balaban J connectivity index is 2.02. The number of hydrogen-bond acceptors (Lipinski definition) is 4. The molecule has 1 N–H and O–H groups in total. The number of carbonyl (C=O) groups is 2. The molecule has 2 rings (SSSR count). The van der Waals surface area contributed by atoms with Crippen LogP contribution < -0.4 is 5.32 Å². The molecule has 0 unspecified atom stereocenters. The number of ether oxygens (including phenoxy) is 1. The quantitative estimate of drug-likeness (QED) is 0.504. The molecular weight excluding hydrogens is 346 g/mol. The van der Waals surface area contributed by atoms with Gasteiger partial charge in [0.1, 0.15) is 0 Å². The Labute approximate surface area is 137 Å². The first kappa shape index (κ1) is 16.4. The van der Waals surface area contributed by atoms with E-state index in [1.807, 2.05) is 31.3 Å². The van der Waals surface area contributed by atoms with Crippen LogP contribution in [-0.2, 0) is 16.6 Å². The van der Waals surface area contributed by atoms with Crippen LogP contribution in [0.3, 0.4) is 0 Å². The highest BCUT2D eigenvalue weighted by molar-refractivity contribution is 9.08. The van der Waals surface area contributed by atoms with E-state index in [1.165, 1.54) is 0 Å². The summed E-state index contributed by atoms with van der Waals surface area (Å²) in [4.78, 5) is 23.9. The Morgan fingerprint density at radius 1 is 0.909 bits per heavy atom. The topological polar surface area (TPSA) is 55.4 Å². The first-order valence-electron chi connectivity index (χ1n) is 6.79. The van der Waals surface area contributed by atoms with Crippen molar-refractivity contribution in [2.45, 2.75) is 11.9 Å². The van der Waals surface area contributed by atoms with Crippen molar-refractivity contribution >= 4 is 27.9 Å². The van der Waals surface area contributed by atoms with Gasteiger partial charge in [-0.1, -0.05) is 40.2 Å². The normalized spacial score (nSPS) is 10.3. The minimum Gasteiger partial charge on any atom is -0.386 e. The van der Waals surface area contributed by atoms with E-state index in [0.717, 1.165) is 11.1 Å². The molecule has 114 valence electrons. The molecule has 0 spiro atoms.